The lowest BCUT2D eigenvalue weighted by Crippen LogP contribution is -2.33. The Hall–Kier alpha value is -1.55. The van der Waals surface area contributed by atoms with E-state index in [1.807, 2.05) is 24.3 Å². The van der Waals surface area contributed by atoms with Gasteiger partial charge in [0.25, 0.3) is 0 Å². The molecule has 1 fully saturated rings. The van der Waals surface area contributed by atoms with Gasteiger partial charge in [0.1, 0.15) is 5.84 Å². The normalized spacial score (nSPS) is 20.1. The van der Waals surface area contributed by atoms with Crippen molar-refractivity contribution >= 4 is 11.5 Å². The number of nitrogens with two attached hydrogens (primary N) is 1. The van der Waals surface area contributed by atoms with E-state index in [2.05, 4.69) is 4.90 Å². The van der Waals surface area contributed by atoms with Crippen LogP contribution in [0.3, 0.4) is 0 Å². The van der Waals surface area contributed by atoms with E-state index >= 15 is 0 Å². The molecular weight excluding hydrogens is 202 g/mol. The highest BCUT2D eigenvalue weighted by Crippen LogP contribution is 2.28. The Bertz CT molecular complexity index is 392. The number of hydrogen-bond donors (Lipinski definition) is 3. The van der Waals surface area contributed by atoms with Crippen molar-refractivity contribution in [3.05, 3.63) is 29.8 Å². The Labute approximate surface area is 95.2 Å². The molecule has 1 unspecified atom stereocenters. The van der Waals surface area contributed by atoms with E-state index in [1.54, 1.807) is 0 Å². The van der Waals surface area contributed by atoms with Gasteiger partial charge < -0.3 is 15.7 Å². The first kappa shape index (κ1) is 11.0. The molecule has 4 nitrogen and oxygen atoms in total. The molecule has 0 aromatic heterocycles. The number of nitrogen functional groups attached to an aromatic ring is 1. The topological polar surface area (TPSA) is 73.3 Å². The second kappa shape index (κ2) is 4.53. The predicted molar refractivity (Wildman–Crippen MR) is 64.9 cm³/mol. The van der Waals surface area contributed by atoms with Crippen molar-refractivity contribution in [1.82, 2.24) is 0 Å². The largest absolute Gasteiger partial charge is 0.394 e. The zero-order valence-electron chi connectivity index (χ0n) is 9.19. The molecule has 1 aliphatic heterocycles. The van der Waals surface area contributed by atoms with E-state index in [0.717, 1.165) is 30.6 Å². The minimum atomic E-state index is 0.0826. The van der Waals surface area contributed by atoms with Gasteiger partial charge in [0, 0.05) is 17.8 Å². The molecule has 1 aliphatic rings. The van der Waals surface area contributed by atoms with Crippen LogP contribution in [0.4, 0.5) is 5.69 Å². The Balaban J connectivity index is 2.35. The summed E-state index contributed by atoms with van der Waals surface area (Å²) in [6.45, 7) is 1.09. The van der Waals surface area contributed by atoms with Crippen LogP contribution in [-0.2, 0) is 0 Å². The molecule has 4 N–H and O–H groups in total. The number of aliphatic hydroxyl groups is 1. The number of aliphatic hydroxyl groups excluding tert-OH is 1. The van der Waals surface area contributed by atoms with Gasteiger partial charge in [-0.15, -0.1) is 0 Å². The second-order valence-electron chi connectivity index (χ2n) is 4.10. The van der Waals surface area contributed by atoms with Crippen molar-refractivity contribution in [1.29, 1.82) is 5.41 Å². The Kier molecular flexibility index (Phi) is 3.10. The van der Waals surface area contributed by atoms with E-state index in [4.69, 9.17) is 11.1 Å². The number of benzene rings is 1. The van der Waals surface area contributed by atoms with Crippen LogP contribution in [0.25, 0.3) is 0 Å². The van der Waals surface area contributed by atoms with E-state index in [0.29, 0.717) is 0 Å². The average molecular weight is 219 g/mol. The fraction of sp³-hybridized carbons (Fsp3) is 0.417. The molecule has 0 spiro atoms. The predicted octanol–water partition coefficient (Wildman–Crippen LogP) is 0.932. The third-order valence-corrected chi connectivity index (χ3v) is 3.09. The lowest BCUT2D eigenvalue weighted by Gasteiger charge is -2.27. The zero-order chi connectivity index (χ0) is 11.5. The minimum absolute atomic E-state index is 0.0826. The number of amidine groups is 1. The van der Waals surface area contributed by atoms with E-state index in [9.17, 15) is 5.11 Å². The monoisotopic (exact) mass is 219 g/mol. The summed E-state index contributed by atoms with van der Waals surface area (Å²) in [6, 6.07) is 7.80. The van der Waals surface area contributed by atoms with Gasteiger partial charge in [-0.2, -0.15) is 0 Å². The first-order valence-corrected chi connectivity index (χ1v) is 5.55. The number of hydrogen-bond acceptors (Lipinski definition) is 3. The van der Waals surface area contributed by atoms with Crippen molar-refractivity contribution in [2.24, 2.45) is 5.73 Å². The van der Waals surface area contributed by atoms with Crippen LogP contribution in [-0.4, -0.2) is 30.1 Å². The van der Waals surface area contributed by atoms with Gasteiger partial charge in [0.2, 0.25) is 0 Å². The molecule has 0 radical (unpaired) electrons. The van der Waals surface area contributed by atoms with Crippen molar-refractivity contribution < 1.29 is 5.11 Å². The molecule has 0 aliphatic carbocycles. The van der Waals surface area contributed by atoms with Crippen molar-refractivity contribution in [3.8, 4) is 0 Å². The van der Waals surface area contributed by atoms with Gasteiger partial charge in [-0.1, -0.05) is 12.1 Å². The van der Waals surface area contributed by atoms with Crippen LogP contribution in [0, 0.1) is 5.41 Å². The van der Waals surface area contributed by atoms with Crippen LogP contribution in [0.5, 0.6) is 0 Å². The highest BCUT2D eigenvalue weighted by molar-refractivity contribution is 6.00. The first-order chi connectivity index (χ1) is 7.74. The van der Waals surface area contributed by atoms with Crippen molar-refractivity contribution in [3.63, 3.8) is 0 Å². The third kappa shape index (κ3) is 1.88. The van der Waals surface area contributed by atoms with Gasteiger partial charge in [-0.05, 0) is 25.0 Å². The molecule has 4 heteroatoms. The quantitative estimate of drug-likeness (QED) is 0.523. The smallest absolute Gasteiger partial charge is 0.124 e. The fourth-order valence-electron chi connectivity index (χ4n) is 2.29. The molecule has 16 heavy (non-hydrogen) atoms. The molecule has 2 rings (SSSR count). The molecule has 1 heterocycles. The summed E-state index contributed by atoms with van der Waals surface area (Å²) in [4.78, 5) is 2.15. The minimum Gasteiger partial charge on any atom is -0.394 e. The summed E-state index contributed by atoms with van der Waals surface area (Å²) < 4.78 is 0. The molecule has 1 atom stereocenters. The van der Waals surface area contributed by atoms with E-state index < -0.39 is 0 Å². The van der Waals surface area contributed by atoms with Gasteiger partial charge in [0.15, 0.2) is 0 Å². The lowest BCUT2D eigenvalue weighted by molar-refractivity contribution is 0.266. The molecule has 0 saturated carbocycles. The van der Waals surface area contributed by atoms with Crippen molar-refractivity contribution in [2.45, 2.75) is 18.9 Å². The molecule has 1 aromatic rings. The highest BCUT2D eigenvalue weighted by Gasteiger charge is 2.25. The summed E-state index contributed by atoms with van der Waals surface area (Å²) in [5.41, 5.74) is 7.28. The maximum absolute atomic E-state index is 9.30. The number of nitrogens with zero attached hydrogens (tertiary/aromatic N) is 1. The summed E-state index contributed by atoms with van der Waals surface area (Å²) in [5.74, 6) is 0.0826. The molecule has 0 bridgehead atoms. The van der Waals surface area contributed by atoms with Gasteiger partial charge in [0.05, 0.1) is 12.6 Å². The maximum Gasteiger partial charge on any atom is 0.124 e. The van der Waals surface area contributed by atoms with E-state index in [-0.39, 0.29) is 18.5 Å². The SMILES string of the molecule is N=C(N)c1ccccc1N1CCCC1CO. The summed E-state index contributed by atoms with van der Waals surface area (Å²) in [7, 11) is 0. The Morgan fingerprint density at radius 3 is 2.94 bits per heavy atom. The fourth-order valence-corrected chi connectivity index (χ4v) is 2.29. The second-order valence-corrected chi connectivity index (χ2v) is 4.10. The van der Waals surface area contributed by atoms with Crippen molar-refractivity contribution in [2.75, 3.05) is 18.1 Å². The number of para-hydroxylation sites is 1. The first-order valence-electron chi connectivity index (χ1n) is 5.55. The summed E-state index contributed by atoms with van der Waals surface area (Å²) in [5, 5.41) is 16.9. The average Bonchev–Trinajstić information content (AvgIpc) is 2.76. The van der Waals surface area contributed by atoms with Gasteiger partial charge in [-0.3, -0.25) is 5.41 Å². The maximum atomic E-state index is 9.30. The molecular formula is C12H17N3O. The van der Waals surface area contributed by atoms with Crippen LogP contribution >= 0.6 is 0 Å². The van der Waals surface area contributed by atoms with Crippen LogP contribution in [0.15, 0.2) is 24.3 Å². The Morgan fingerprint density at radius 1 is 1.50 bits per heavy atom. The number of nitrogens with one attached hydrogen (secondary N) is 1. The van der Waals surface area contributed by atoms with Gasteiger partial charge in [-0.25, -0.2) is 0 Å². The summed E-state index contributed by atoms with van der Waals surface area (Å²) >= 11 is 0. The lowest BCUT2D eigenvalue weighted by atomic mass is 10.1. The third-order valence-electron chi connectivity index (χ3n) is 3.09. The molecule has 1 saturated heterocycles. The Morgan fingerprint density at radius 2 is 2.25 bits per heavy atom. The molecule has 0 amide bonds. The number of anilines is 1. The van der Waals surface area contributed by atoms with Crippen LogP contribution in [0.1, 0.15) is 18.4 Å². The van der Waals surface area contributed by atoms with Crippen LogP contribution in [0.2, 0.25) is 0 Å². The highest BCUT2D eigenvalue weighted by atomic mass is 16.3. The van der Waals surface area contributed by atoms with E-state index in [1.165, 1.54) is 0 Å². The van der Waals surface area contributed by atoms with Crippen LogP contribution < -0.4 is 10.6 Å². The molecule has 86 valence electrons. The number of rotatable bonds is 3. The zero-order valence-corrected chi connectivity index (χ0v) is 9.19. The van der Waals surface area contributed by atoms with Gasteiger partial charge >= 0.3 is 0 Å². The summed E-state index contributed by atoms with van der Waals surface area (Å²) in [6.07, 6.45) is 2.08. The molecule has 1 aromatic carbocycles. The standard InChI is InChI=1S/C12H17N3O/c13-12(14)10-5-1-2-6-11(10)15-7-3-4-9(15)8-16/h1-2,5-6,9,16H,3-4,7-8H2,(H3,13,14).